The highest BCUT2D eigenvalue weighted by Crippen LogP contribution is 2.32. The first-order chi connectivity index (χ1) is 11.2. The number of guanidine groups is 1. The highest BCUT2D eigenvalue weighted by Gasteiger charge is 2.11. The second-order valence-corrected chi connectivity index (χ2v) is 5.98. The molecule has 1 heterocycles. The Bertz CT molecular complexity index is 523. The average molecular weight is 447 g/mol. The minimum atomic E-state index is 0. The Balaban J connectivity index is 0.00000288. The van der Waals surface area contributed by atoms with E-state index in [-0.39, 0.29) is 24.0 Å². The minimum absolute atomic E-state index is 0. The average Bonchev–Trinajstić information content (AvgIpc) is 2.80. The first kappa shape index (κ1) is 20.9. The van der Waals surface area contributed by atoms with Crippen molar-refractivity contribution in [3.8, 4) is 11.5 Å². The minimum Gasteiger partial charge on any atom is -0.490 e. The molecular formula is C18H30IN3O2. The summed E-state index contributed by atoms with van der Waals surface area (Å²) in [5.41, 5.74) is 6.88. The zero-order chi connectivity index (χ0) is 16.5. The summed E-state index contributed by atoms with van der Waals surface area (Å²) >= 11 is 0. The second-order valence-electron chi connectivity index (χ2n) is 5.98. The molecule has 0 bridgehead atoms. The molecule has 0 saturated heterocycles. The van der Waals surface area contributed by atoms with Crippen LogP contribution in [0.5, 0.6) is 11.5 Å². The summed E-state index contributed by atoms with van der Waals surface area (Å²) < 4.78 is 11.3. The van der Waals surface area contributed by atoms with Gasteiger partial charge in [0, 0.05) is 24.7 Å². The number of halogens is 1. The fourth-order valence-corrected chi connectivity index (χ4v) is 2.57. The zero-order valence-corrected chi connectivity index (χ0v) is 17.0. The quantitative estimate of drug-likeness (QED) is 0.369. The number of anilines is 1. The van der Waals surface area contributed by atoms with Gasteiger partial charge < -0.3 is 20.5 Å². The first-order valence-electron chi connectivity index (χ1n) is 8.69. The summed E-state index contributed by atoms with van der Waals surface area (Å²) in [6, 6.07) is 5.76. The lowest BCUT2D eigenvalue weighted by Crippen LogP contribution is -2.23. The van der Waals surface area contributed by atoms with Crippen LogP contribution in [-0.4, -0.2) is 25.7 Å². The summed E-state index contributed by atoms with van der Waals surface area (Å²) in [5, 5.41) is 3.14. The predicted octanol–water partition coefficient (Wildman–Crippen LogP) is 4.41. The Morgan fingerprint density at radius 3 is 2.71 bits per heavy atom. The Morgan fingerprint density at radius 2 is 2.00 bits per heavy atom. The van der Waals surface area contributed by atoms with Crippen molar-refractivity contribution in [2.75, 3.05) is 25.1 Å². The molecule has 1 aliphatic rings. The number of fused-ring (bicyclic) bond motifs is 1. The normalized spacial score (nSPS) is 15.2. The highest BCUT2D eigenvalue weighted by atomic mass is 127. The predicted molar refractivity (Wildman–Crippen MR) is 111 cm³/mol. The smallest absolute Gasteiger partial charge is 0.193 e. The van der Waals surface area contributed by atoms with Crippen LogP contribution in [0.15, 0.2) is 23.2 Å². The third kappa shape index (κ3) is 6.75. The van der Waals surface area contributed by atoms with Crippen molar-refractivity contribution in [2.45, 2.75) is 46.0 Å². The molecule has 0 fully saturated rings. The van der Waals surface area contributed by atoms with Gasteiger partial charge in [-0.2, -0.15) is 0 Å². The molecule has 1 atom stereocenters. The van der Waals surface area contributed by atoms with Crippen molar-refractivity contribution >= 4 is 35.6 Å². The van der Waals surface area contributed by atoms with E-state index in [1.54, 1.807) is 0 Å². The third-order valence-corrected chi connectivity index (χ3v) is 4.08. The van der Waals surface area contributed by atoms with Crippen molar-refractivity contribution in [1.29, 1.82) is 0 Å². The van der Waals surface area contributed by atoms with E-state index in [1.165, 1.54) is 19.3 Å². The standard InChI is InChI=1S/C18H29N3O2.HI/c1-3-5-7-14(4-2)13-20-18(19)21-15-8-9-16-17(12-15)23-11-6-10-22-16;/h8-9,12,14H,3-7,10-11,13H2,1-2H3,(H3,19,20,21);1H. The van der Waals surface area contributed by atoms with Crippen LogP contribution in [0.1, 0.15) is 46.0 Å². The maximum atomic E-state index is 6.01. The Morgan fingerprint density at radius 1 is 1.25 bits per heavy atom. The molecule has 0 spiro atoms. The van der Waals surface area contributed by atoms with Crippen LogP contribution in [0.25, 0.3) is 0 Å². The van der Waals surface area contributed by atoms with Crippen LogP contribution in [0.4, 0.5) is 5.69 Å². The number of nitrogens with two attached hydrogens (primary N) is 1. The van der Waals surface area contributed by atoms with Gasteiger partial charge in [0.25, 0.3) is 0 Å². The lowest BCUT2D eigenvalue weighted by atomic mass is 10.00. The van der Waals surface area contributed by atoms with E-state index < -0.39 is 0 Å². The number of ether oxygens (including phenoxy) is 2. The van der Waals surface area contributed by atoms with Gasteiger partial charge in [-0.05, 0) is 24.5 Å². The summed E-state index contributed by atoms with van der Waals surface area (Å²) in [6.45, 7) is 6.58. The van der Waals surface area contributed by atoms with Crippen molar-refractivity contribution in [3.63, 3.8) is 0 Å². The van der Waals surface area contributed by atoms with Gasteiger partial charge in [0.05, 0.1) is 13.2 Å². The summed E-state index contributed by atoms with van der Waals surface area (Å²) in [6.07, 6.45) is 5.74. The first-order valence-corrected chi connectivity index (χ1v) is 8.69. The molecule has 136 valence electrons. The largest absolute Gasteiger partial charge is 0.490 e. The zero-order valence-electron chi connectivity index (χ0n) is 14.7. The molecule has 3 N–H and O–H groups in total. The van der Waals surface area contributed by atoms with Gasteiger partial charge in [-0.1, -0.05) is 33.1 Å². The van der Waals surface area contributed by atoms with Gasteiger partial charge >= 0.3 is 0 Å². The number of unbranched alkanes of at least 4 members (excludes halogenated alkanes) is 1. The highest BCUT2D eigenvalue weighted by molar-refractivity contribution is 14.0. The van der Waals surface area contributed by atoms with E-state index in [9.17, 15) is 0 Å². The molecular weight excluding hydrogens is 417 g/mol. The van der Waals surface area contributed by atoms with Crippen molar-refractivity contribution < 1.29 is 9.47 Å². The fraction of sp³-hybridized carbons (Fsp3) is 0.611. The van der Waals surface area contributed by atoms with Gasteiger partial charge in [-0.15, -0.1) is 24.0 Å². The van der Waals surface area contributed by atoms with Crippen LogP contribution in [-0.2, 0) is 0 Å². The second kappa shape index (κ2) is 11.4. The molecule has 6 heteroatoms. The summed E-state index contributed by atoms with van der Waals surface area (Å²) in [7, 11) is 0. The van der Waals surface area contributed by atoms with Gasteiger partial charge in [0.15, 0.2) is 17.5 Å². The molecule has 2 rings (SSSR count). The van der Waals surface area contributed by atoms with Crippen LogP contribution in [0.3, 0.4) is 0 Å². The molecule has 1 aromatic rings. The molecule has 0 amide bonds. The number of aliphatic imine (C=N–C) groups is 1. The maximum absolute atomic E-state index is 6.01. The van der Waals surface area contributed by atoms with Crippen LogP contribution < -0.4 is 20.5 Å². The molecule has 5 nitrogen and oxygen atoms in total. The van der Waals surface area contributed by atoms with E-state index >= 15 is 0 Å². The van der Waals surface area contributed by atoms with Gasteiger partial charge in [0.2, 0.25) is 0 Å². The Kier molecular flexibility index (Phi) is 9.90. The van der Waals surface area contributed by atoms with Crippen molar-refractivity contribution in [2.24, 2.45) is 16.6 Å². The van der Waals surface area contributed by atoms with E-state index in [1.807, 2.05) is 18.2 Å². The van der Waals surface area contributed by atoms with Gasteiger partial charge in [-0.25, -0.2) is 0 Å². The van der Waals surface area contributed by atoms with Crippen LogP contribution in [0, 0.1) is 5.92 Å². The Hall–Kier alpha value is -1.18. The summed E-state index contributed by atoms with van der Waals surface area (Å²) in [4.78, 5) is 4.49. The number of benzene rings is 1. The molecule has 0 aromatic heterocycles. The number of nitrogens with zero attached hydrogens (tertiary/aromatic N) is 1. The number of hydrogen-bond donors (Lipinski definition) is 2. The molecule has 0 aliphatic carbocycles. The maximum Gasteiger partial charge on any atom is 0.193 e. The van der Waals surface area contributed by atoms with Crippen molar-refractivity contribution in [1.82, 2.24) is 0 Å². The number of nitrogens with one attached hydrogen (secondary N) is 1. The van der Waals surface area contributed by atoms with E-state index in [0.29, 0.717) is 25.1 Å². The van der Waals surface area contributed by atoms with E-state index in [2.05, 4.69) is 24.2 Å². The molecule has 0 radical (unpaired) electrons. The lowest BCUT2D eigenvalue weighted by Gasteiger charge is -2.13. The lowest BCUT2D eigenvalue weighted by molar-refractivity contribution is 0.297. The monoisotopic (exact) mass is 447 g/mol. The summed E-state index contributed by atoms with van der Waals surface area (Å²) in [5.74, 6) is 2.61. The van der Waals surface area contributed by atoms with E-state index in [0.717, 1.165) is 36.6 Å². The SMILES string of the molecule is CCCCC(CC)CN=C(N)Nc1ccc2c(c1)OCCCO2.I. The molecule has 24 heavy (non-hydrogen) atoms. The van der Waals surface area contributed by atoms with Gasteiger partial charge in [-0.3, -0.25) is 4.99 Å². The van der Waals surface area contributed by atoms with Gasteiger partial charge in [0.1, 0.15) is 0 Å². The van der Waals surface area contributed by atoms with E-state index in [4.69, 9.17) is 15.2 Å². The third-order valence-electron chi connectivity index (χ3n) is 4.08. The molecule has 1 unspecified atom stereocenters. The number of hydrogen-bond acceptors (Lipinski definition) is 3. The molecule has 0 saturated carbocycles. The van der Waals surface area contributed by atoms with Crippen LogP contribution in [0.2, 0.25) is 0 Å². The van der Waals surface area contributed by atoms with Crippen LogP contribution >= 0.6 is 24.0 Å². The number of rotatable bonds is 7. The molecule has 1 aliphatic heterocycles. The topological polar surface area (TPSA) is 68.9 Å². The fourth-order valence-electron chi connectivity index (χ4n) is 2.57. The molecule has 1 aromatic carbocycles. The van der Waals surface area contributed by atoms with Crippen molar-refractivity contribution in [3.05, 3.63) is 18.2 Å². The Labute approximate surface area is 162 Å².